The molecule has 0 saturated carbocycles. The van der Waals surface area contributed by atoms with Crippen molar-refractivity contribution in [2.24, 2.45) is 16.7 Å². The largest absolute Gasteiger partial charge is 0.481 e. The highest BCUT2D eigenvalue weighted by molar-refractivity contribution is 6.06. The number of aliphatic hydroxyl groups excluding tert-OH is 1. The molecule has 8 nitrogen and oxygen atoms in total. The van der Waals surface area contributed by atoms with Crippen LogP contribution in [0.25, 0.3) is 5.57 Å². The average Bonchev–Trinajstić information content (AvgIpc) is 3.91. The minimum Gasteiger partial charge on any atom is -0.481 e. The van der Waals surface area contributed by atoms with Crippen LogP contribution in [0, 0.1) is 34.2 Å². The Morgan fingerprint density at radius 1 is 0.703 bits per heavy atom. The normalized spacial score (nSPS) is 19.9. The van der Waals surface area contributed by atoms with E-state index < -0.39 is 5.97 Å². The minimum absolute atomic E-state index is 0.0244. The number of anilines is 3. The number of aliphatic hydroxyl groups is 1. The number of carboxylic acid groups (broad SMARTS) is 1. The lowest BCUT2D eigenvalue weighted by molar-refractivity contribution is -0.134. The van der Waals surface area contributed by atoms with Crippen molar-refractivity contribution in [3.05, 3.63) is 92.8 Å². The first-order chi connectivity index (χ1) is 30.3. The van der Waals surface area contributed by atoms with Crippen molar-refractivity contribution in [3.8, 4) is 0 Å². The number of aliphatic carboxylic acids is 1. The number of hydrogen-bond acceptors (Lipinski definition) is 7. The Labute approximate surface area is 380 Å². The van der Waals surface area contributed by atoms with E-state index in [1.165, 1.54) is 42.0 Å². The molecule has 0 aliphatic heterocycles. The van der Waals surface area contributed by atoms with Crippen LogP contribution < -0.4 is 17.2 Å². The van der Waals surface area contributed by atoms with Crippen LogP contribution in [0.15, 0.2) is 42.0 Å². The van der Waals surface area contributed by atoms with Gasteiger partial charge in [-0.2, -0.15) is 0 Å². The Balaban J connectivity index is 0.000000240. The molecule has 8 N–H and O–H groups in total. The SMILES string of the molecule is CC(=O)O.CCCCC1(CCC(=O)CC)Cc2cc(N)c(F)cc2C1.CCCCC12CCC(=O)C(C)=C1c1cc(F)c(N)cc1C2.CCCCC1Cc2cc(N)c(F)cc2C1.CCO. The number of nitrogens with two attached hydrogens (primary N) is 3. The van der Waals surface area contributed by atoms with Gasteiger partial charge in [0, 0.05) is 38.2 Å². The maximum Gasteiger partial charge on any atom is 0.300 e. The van der Waals surface area contributed by atoms with Gasteiger partial charge in [-0.05, 0) is 170 Å². The number of carboxylic acids is 1. The van der Waals surface area contributed by atoms with Gasteiger partial charge in [-0.25, -0.2) is 13.2 Å². The summed E-state index contributed by atoms with van der Waals surface area (Å²) < 4.78 is 40.8. The highest BCUT2D eigenvalue weighted by atomic mass is 19.1. The molecule has 3 unspecified atom stereocenters. The summed E-state index contributed by atoms with van der Waals surface area (Å²) in [7, 11) is 0. The van der Waals surface area contributed by atoms with Crippen LogP contribution in [0.4, 0.5) is 30.2 Å². The molecule has 0 amide bonds. The van der Waals surface area contributed by atoms with Gasteiger partial charge in [0.1, 0.15) is 23.2 Å². The summed E-state index contributed by atoms with van der Waals surface area (Å²) >= 11 is 0. The van der Waals surface area contributed by atoms with Crippen LogP contribution in [0.5, 0.6) is 0 Å². The summed E-state index contributed by atoms with van der Waals surface area (Å²) in [5.74, 6) is -0.538. The molecule has 4 aliphatic rings. The molecule has 0 fully saturated rings. The van der Waals surface area contributed by atoms with Crippen molar-refractivity contribution in [1.29, 1.82) is 0 Å². The van der Waals surface area contributed by atoms with Gasteiger partial charge < -0.3 is 27.4 Å². The minimum atomic E-state index is -0.833. The summed E-state index contributed by atoms with van der Waals surface area (Å²) in [6.07, 6.45) is 19.0. The lowest BCUT2D eigenvalue weighted by Crippen LogP contribution is -2.28. The van der Waals surface area contributed by atoms with Gasteiger partial charge in [0.05, 0.1) is 17.1 Å². The number of Topliss-reactive ketones (excluding diaryl/α,β-unsaturated/α-hetero) is 2. The van der Waals surface area contributed by atoms with Gasteiger partial charge in [-0.3, -0.25) is 14.4 Å². The third-order valence-electron chi connectivity index (χ3n) is 13.3. The maximum absolute atomic E-state index is 13.9. The molecular weight excluding hydrogens is 816 g/mol. The number of allylic oxidation sites excluding steroid dienone is 2. The van der Waals surface area contributed by atoms with Gasteiger partial charge in [0.15, 0.2) is 5.78 Å². The lowest BCUT2D eigenvalue weighted by atomic mass is 9.67. The van der Waals surface area contributed by atoms with Crippen LogP contribution in [0.2, 0.25) is 0 Å². The molecule has 0 heterocycles. The molecule has 0 radical (unpaired) electrons. The summed E-state index contributed by atoms with van der Waals surface area (Å²) in [4.78, 5) is 32.8. The van der Waals surface area contributed by atoms with E-state index in [0.717, 1.165) is 118 Å². The molecule has 4 aliphatic carbocycles. The van der Waals surface area contributed by atoms with E-state index >= 15 is 0 Å². The van der Waals surface area contributed by atoms with Crippen molar-refractivity contribution in [3.63, 3.8) is 0 Å². The molecule has 354 valence electrons. The monoisotopic (exact) mass is 892 g/mol. The van der Waals surface area contributed by atoms with E-state index in [-0.39, 0.29) is 52.0 Å². The number of benzene rings is 3. The summed E-state index contributed by atoms with van der Waals surface area (Å²) in [6.45, 7) is 13.4. The van der Waals surface area contributed by atoms with Gasteiger partial charge in [0.25, 0.3) is 5.97 Å². The quantitative estimate of drug-likeness (QED) is 0.106. The van der Waals surface area contributed by atoms with E-state index in [9.17, 15) is 22.8 Å². The fourth-order valence-corrected chi connectivity index (χ4v) is 10.0. The van der Waals surface area contributed by atoms with Crippen LogP contribution in [-0.4, -0.2) is 34.4 Å². The molecule has 11 heteroatoms. The second-order valence-electron chi connectivity index (χ2n) is 18.4. The smallest absolute Gasteiger partial charge is 0.300 e. The van der Waals surface area contributed by atoms with Crippen molar-refractivity contribution >= 4 is 40.2 Å². The van der Waals surface area contributed by atoms with Crippen molar-refractivity contribution < 1.29 is 37.8 Å². The molecule has 7 rings (SSSR count). The molecule has 64 heavy (non-hydrogen) atoms. The van der Waals surface area contributed by atoms with Crippen LogP contribution >= 0.6 is 0 Å². The zero-order valence-corrected chi connectivity index (χ0v) is 39.7. The van der Waals surface area contributed by atoms with Crippen LogP contribution in [0.3, 0.4) is 0 Å². The zero-order valence-electron chi connectivity index (χ0n) is 39.7. The fourth-order valence-electron chi connectivity index (χ4n) is 10.0. The topological polar surface area (TPSA) is 170 Å². The first-order valence-corrected chi connectivity index (χ1v) is 23.6. The van der Waals surface area contributed by atoms with Crippen molar-refractivity contribution in [2.75, 3.05) is 23.8 Å². The summed E-state index contributed by atoms with van der Waals surface area (Å²) in [6, 6.07) is 10.1. The Bertz CT molecular complexity index is 2030. The first-order valence-electron chi connectivity index (χ1n) is 23.6. The molecule has 0 spiro atoms. The highest BCUT2D eigenvalue weighted by Crippen LogP contribution is 2.56. The number of nitrogen functional groups attached to an aromatic ring is 3. The Morgan fingerprint density at radius 2 is 1.17 bits per heavy atom. The number of unbranched alkanes of at least 4 members (excludes halogenated alkanes) is 3. The van der Waals surface area contributed by atoms with E-state index in [2.05, 4.69) is 20.8 Å². The maximum atomic E-state index is 13.9. The molecule has 0 saturated heterocycles. The molecule has 0 bridgehead atoms. The third-order valence-corrected chi connectivity index (χ3v) is 13.3. The number of halogens is 3. The molecule has 3 aromatic carbocycles. The van der Waals surface area contributed by atoms with E-state index in [1.54, 1.807) is 31.2 Å². The van der Waals surface area contributed by atoms with Gasteiger partial charge in [-0.1, -0.05) is 66.2 Å². The zero-order chi connectivity index (χ0) is 47.8. The molecule has 3 atom stereocenters. The average molecular weight is 892 g/mol. The predicted molar refractivity (Wildman–Crippen MR) is 255 cm³/mol. The number of carbonyl (C=O) groups is 3. The third kappa shape index (κ3) is 14.4. The van der Waals surface area contributed by atoms with Gasteiger partial charge in [-0.15, -0.1) is 0 Å². The van der Waals surface area contributed by atoms with Gasteiger partial charge in [0.2, 0.25) is 0 Å². The predicted octanol–water partition coefficient (Wildman–Crippen LogP) is 12.1. The van der Waals surface area contributed by atoms with E-state index in [4.69, 9.17) is 32.2 Å². The number of fused-ring (bicyclic) bond motifs is 5. The summed E-state index contributed by atoms with van der Waals surface area (Å²) in [5.41, 5.74) is 26.5. The molecule has 0 aromatic heterocycles. The highest BCUT2D eigenvalue weighted by Gasteiger charge is 2.46. The van der Waals surface area contributed by atoms with Gasteiger partial charge >= 0.3 is 0 Å². The first kappa shape index (κ1) is 53.7. The second kappa shape index (κ2) is 25.2. The lowest BCUT2D eigenvalue weighted by Gasteiger charge is -2.36. The van der Waals surface area contributed by atoms with E-state index in [0.29, 0.717) is 36.7 Å². The van der Waals surface area contributed by atoms with Crippen molar-refractivity contribution in [1.82, 2.24) is 0 Å². The van der Waals surface area contributed by atoms with Crippen molar-refractivity contribution in [2.45, 2.75) is 170 Å². The number of carbonyl (C=O) groups excluding carboxylic acids is 2. The molecule has 3 aromatic rings. The Hall–Kier alpha value is -4.64. The Morgan fingerprint density at radius 3 is 1.72 bits per heavy atom. The van der Waals surface area contributed by atoms with Crippen LogP contribution in [-0.2, 0) is 46.5 Å². The van der Waals surface area contributed by atoms with E-state index in [1.807, 2.05) is 19.9 Å². The second-order valence-corrected chi connectivity index (χ2v) is 18.4. The number of ketones is 2. The summed E-state index contributed by atoms with van der Waals surface area (Å²) in [5, 5.41) is 15.0. The Kier molecular flexibility index (Phi) is 21.1. The van der Waals surface area contributed by atoms with Crippen LogP contribution in [0.1, 0.15) is 172 Å². The number of rotatable bonds is 13. The molecular formula is C53H76F3N3O5. The number of hydrogen-bond donors (Lipinski definition) is 5. The standard InChI is InChI=1S/C18H22FNO.C18H26FNO.C13H18FN.C2H4O2.C2H6O/c1-3-4-6-18-7-5-16(21)11(2)17(18)13-9-14(19)15(20)8-12(13)10-18;1-3-5-7-18(8-6-15(21)4-2)11-13-9-16(19)17(20)10-14(13)12-18;1-2-3-4-9-5-10-7-12(14)13(15)8-11(10)6-9;1-2(3)4;1-2-3/h8-9H,3-7,10,20H2,1-2H3;9-10H,3-8,11-12,20H2,1-2H3;7-9H,2-6,15H2,1H3;1H3,(H,3,4);3H,2H2,1H3. The fraction of sp³-hybridized carbons (Fsp3) is 0.566.